The maximum Gasteiger partial charge on any atom is 0.197 e. The molecule has 0 amide bonds. The normalized spacial score (nSPS) is 33.3. The van der Waals surface area contributed by atoms with Crippen molar-refractivity contribution in [3.8, 4) is 0 Å². The van der Waals surface area contributed by atoms with E-state index in [-0.39, 0.29) is 5.25 Å². The quantitative estimate of drug-likeness (QED) is 0.662. The average molecular weight is 203 g/mol. The van der Waals surface area contributed by atoms with Gasteiger partial charge in [-0.05, 0) is 12.1 Å². The smallest absolute Gasteiger partial charge is 0.197 e. The average Bonchev–Trinajstić information content (AvgIpc) is 2.61. The highest BCUT2D eigenvalue weighted by molar-refractivity contribution is 8.00. The minimum Gasteiger partial charge on any atom is -0.225 e. The molecule has 2 rings (SSSR count). The number of benzene rings is 1. The summed E-state index contributed by atoms with van der Waals surface area (Å²) in [6, 6.07) is 9.77. The minimum absolute atomic E-state index is 0.0541. The molecule has 1 aliphatic carbocycles. The van der Waals surface area contributed by atoms with E-state index in [2.05, 4.69) is 0 Å². The molecule has 0 nitrogen and oxygen atoms in total. The van der Waals surface area contributed by atoms with Gasteiger partial charge < -0.3 is 0 Å². The van der Waals surface area contributed by atoms with E-state index >= 15 is 0 Å². The topological polar surface area (TPSA) is 0 Å². The molecule has 1 unspecified atom stereocenters. The van der Waals surface area contributed by atoms with Gasteiger partial charge in [0.2, 0.25) is 0 Å². The van der Waals surface area contributed by atoms with Crippen LogP contribution in [0.3, 0.4) is 0 Å². The fourth-order valence-corrected chi connectivity index (χ4v) is 2.50. The predicted octanol–water partition coefficient (Wildman–Crippen LogP) is 3.46. The molecule has 0 saturated heterocycles. The summed E-state index contributed by atoms with van der Waals surface area (Å²) in [6.45, 7) is 0. The molecule has 1 saturated carbocycles. The molecule has 1 aliphatic rings. The Kier molecular flexibility index (Phi) is 2.05. The van der Waals surface area contributed by atoms with Crippen molar-refractivity contribution in [1.29, 1.82) is 0 Å². The summed E-state index contributed by atoms with van der Waals surface area (Å²) in [5.74, 6) is 0. The Labute approximate surface area is 80.1 Å². The minimum atomic E-state index is -1.44. The van der Waals surface area contributed by atoms with Crippen molar-refractivity contribution >= 4 is 23.4 Å². The molecule has 0 N–H and O–H groups in total. The zero-order valence-corrected chi connectivity index (χ0v) is 7.91. The van der Waals surface area contributed by atoms with E-state index in [4.69, 9.17) is 11.6 Å². The Morgan fingerprint density at radius 2 is 2.00 bits per heavy atom. The van der Waals surface area contributed by atoms with Gasteiger partial charge in [-0.15, -0.1) is 11.8 Å². The Morgan fingerprint density at radius 1 is 1.42 bits per heavy atom. The van der Waals surface area contributed by atoms with Crippen LogP contribution in [0, 0.1) is 0 Å². The van der Waals surface area contributed by atoms with Crippen LogP contribution in [0.5, 0.6) is 0 Å². The third kappa shape index (κ3) is 1.75. The van der Waals surface area contributed by atoms with Gasteiger partial charge in [0.15, 0.2) is 5.13 Å². The largest absolute Gasteiger partial charge is 0.225 e. The Morgan fingerprint density at radius 3 is 2.50 bits per heavy atom. The highest BCUT2D eigenvalue weighted by Gasteiger charge is 2.54. The first-order valence-corrected chi connectivity index (χ1v) is 5.04. The lowest BCUT2D eigenvalue weighted by Crippen LogP contribution is -1.91. The summed E-state index contributed by atoms with van der Waals surface area (Å²) in [5, 5.41) is -1.50. The fourth-order valence-electron chi connectivity index (χ4n) is 0.979. The van der Waals surface area contributed by atoms with E-state index in [9.17, 15) is 4.39 Å². The molecule has 1 fully saturated rings. The van der Waals surface area contributed by atoms with Crippen molar-refractivity contribution in [3.63, 3.8) is 0 Å². The van der Waals surface area contributed by atoms with Crippen LogP contribution in [-0.2, 0) is 0 Å². The third-order valence-electron chi connectivity index (χ3n) is 1.79. The SMILES string of the molecule is FC1(Cl)C[C@H]1Sc1ccccc1. The number of hydrogen-bond donors (Lipinski definition) is 0. The standard InChI is InChI=1S/C9H8ClFS/c10-9(11)6-8(9)12-7-4-2-1-3-5-7/h1-5,8H,6H2/t8-,9?/m1/s1. The lowest BCUT2D eigenvalue weighted by atomic mass is 10.4. The van der Waals surface area contributed by atoms with Crippen molar-refractivity contribution in [2.75, 3.05) is 0 Å². The third-order valence-corrected chi connectivity index (χ3v) is 3.71. The summed E-state index contributed by atoms with van der Waals surface area (Å²) in [5.41, 5.74) is 0. The highest BCUT2D eigenvalue weighted by atomic mass is 35.5. The molecular weight excluding hydrogens is 195 g/mol. The molecule has 12 heavy (non-hydrogen) atoms. The lowest BCUT2D eigenvalue weighted by Gasteiger charge is -1.98. The Balaban J connectivity index is 1.98. The molecule has 1 aromatic carbocycles. The van der Waals surface area contributed by atoms with E-state index in [1.807, 2.05) is 30.3 Å². The van der Waals surface area contributed by atoms with Crippen molar-refractivity contribution in [2.45, 2.75) is 21.7 Å². The van der Waals surface area contributed by atoms with Gasteiger partial charge in [0.25, 0.3) is 0 Å². The van der Waals surface area contributed by atoms with Crippen LogP contribution in [0.2, 0.25) is 0 Å². The Hall–Kier alpha value is -0.210. The fraction of sp³-hybridized carbons (Fsp3) is 0.333. The van der Waals surface area contributed by atoms with Gasteiger partial charge in [0, 0.05) is 11.3 Å². The van der Waals surface area contributed by atoms with Gasteiger partial charge in [-0.3, -0.25) is 0 Å². The van der Waals surface area contributed by atoms with Gasteiger partial charge >= 0.3 is 0 Å². The van der Waals surface area contributed by atoms with E-state index in [0.29, 0.717) is 6.42 Å². The molecule has 0 bridgehead atoms. The molecule has 64 valence electrons. The van der Waals surface area contributed by atoms with Gasteiger partial charge in [-0.1, -0.05) is 29.8 Å². The van der Waals surface area contributed by atoms with Crippen LogP contribution in [0.25, 0.3) is 0 Å². The van der Waals surface area contributed by atoms with Gasteiger partial charge in [0.05, 0.1) is 5.25 Å². The number of halogens is 2. The molecule has 0 spiro atoms. The van der Waals surface area contributed by atoms with Crippen LogP contribution < -0.4 is 0 Å². The maximum atomic E-state index is 12.9. The van der Waals surface area contributed by atoms with Crippen molar-refractivity contribution < 1.29 is 4.39 Å². The van der Waals surface area contributed by atoms with Crippen LogP contribution in [0.1, 0.15) is 6.42 Å². The molecule has 0 aromatic heterocycles. The number of alkyl halides is 2. The summed E-state index contributed by atoms with van der Waals surface area (Å²) in [7, 11) is 0. The van der Waals surface area contributed by atoms with Crippen molar-refractivity contribution in [1.82, 2.24) is 0 Å². The van der Waals surface area contributed by atoms with Gasteiger partial charge in [0.1, 0.15) is 0 Å². The second-order valence-corrected chi connectivity index (χ2v) is 4.79. The second kappa shape index (κ2) is 2.93. The Bertz CT molecular complexity index is 273. The predicted molar refractivity (Wildman–Crippen MR) is 50.4 cm³/mol. The van der Waals surface area contributed by atoms with Crippen LogP contribution in [0.4, 0.5) is 4.39 Å². The monoisotopic (exact) mass is 202 g/mol. The molecule has 2 atom stereocenters. The molecular formula is C9H8ClFS. The summed E-state index contributed by atoms with van der Waals surface area (Å²) in [6.07, 6.45) is 0.466. The van der Waals surface area contributed by atoms with Gasteiger partial charge in [-0.25, -0.2) is 4.39 Å². The highest BCUT2D eigenvalue weighted by Crippen LogP contribution is 2.54. The van der Waals surface area contributed by atoms with E-state index in [1.165, 1.54) is 11.8 Å². The van der Waals surface area contributed by atoms with Crippen molar-refractivity contribution in [2.24, 2.45) is 0 Å². The van der Waals surface area contributed by atoms with E-state index in [0.717, 1.165) is 4.90 Å². The number of thioether (sulfide) groups is 1. The zero-order valence-electron chi connectivity index (χ0n) is 6.34. The van der Waals surface area contributed by atoms with Crippen LogP contribution >= 0.6 is 23.4 Å². The molecule has 0 radical (unpaired) electrons. The lowest BCUT2D eigenvalue weighted by molar-refractivity contribution is 0.430. The summed E-state index contributed by atoms with van der Waals surface area (Å²) >= 11 is 6.98. The number of hydrogen-bond acceptors (Lipinski definition) is 1. The first-order chi connectivity index (χ1) is 5.68. The maximum absolute atomic E-state index is 12.9. The first kappa shape index (κ1) is 8.39. The van der Waals surface area contributed by atoms with Crippen LogP contribution in [-0.4, -0.2) is 10.4 Å². The van der Waals surface area contributed by atoms with E-state index in [1.54, 1.807) is 0 Å². The van der Waals surface area contributed by atoms with E-state index < -0.39 is 5.13 Å². The molecule has 0 aliphatic heterocycles. The summed E-state index contributed by atoms with van der Waals surface area (Å²) in [4.78, 5) is 1.09. The van der Waals surface area contributed by atoms with Crippen LogP contribution in [0.15, 0.2) is 35.2 Å². The van der Waals surface area contributed by atoms with Crippen molar-refractivity contribution in [3.05, 3.63) is 30.3 Å². The van der Waals surface area contributed by atoms with Gasteiger partial charge in [-0.2, -0.15) is 0 Å². The zero-order chi connectivity index (χ0) is 8.60. The second-order valence-electron chi connectivity index (χ2n) is 2.88. The summed E-state index contributed by atoms with van der Waals surface area (Å²) < 4.78 is 12.9. The number of rotatable bonds is 2. The first-order valence-electron chi connectivity index (χ1n) is 3.78. The molecule has 3 heteroatoms. The molecule has 0 heterocycles. The molecule has 1 aromatic rings.